The van der Waals surface area contributed by atoms with Gasteiger partial charge in [0.05, 0.1) is 23.2 Å². The molecule has 0 fully saturated rings. The first-order valence-electron chi connectivity index (χ1n) is 19.1. The molecule has 1 aliphatic heterocycles. The van der Waals surface area contributed by atoms with Crippen molar-refractivity contribution in [3.8, 4) is 0 Å². The first-order valence-corrected chi connectivity index (χ1v) is 19.1. The van der Waals surface area contributed by atoms with E-state index in [1.54, 1.807) is 0 Å². The Hall–Kier alpha value is -4.84. The Morgan fingerprint density at radius 3 is 2.63 bits per heavy atom. The molecule has 2 aromatic heterocycles. The molecule has 2 aromatic carbocycles. The van der Waals surface area contributed by atoms with Gasteiger partial charge in [0.25, 0.3) is 0 Å². The zero-order valence-corrected chi connectivity index (χ0v) is 29.4. The first-order chi connectivity index (χ1) is 25.1. The number of rotatable bonds is 6. The molecule has 0 spiro atoms. The standard InChI is InChI=1S/C46H46N4O/c1-29-45(38-18-7-10-21-44(38)51-29)48-46(47)32-12-11-15-34(26-32)50-40-19-8-5-16-35(40)37-24-22-31(28-43(37)50)30-23-25-42-39(27-30)36-17-6-9-20-41(36)49(42)33-13-3-2-4-14-33/h3,5-7,9,12-14,16-18,20,22-26,28-30,45-46,48H,2,4,8,10-11,15,19,21,27,47H2,1H3. The Morgan fingerprint density at radius 1 is 0.824 bits per heavy atom. The summed E-state index contributed by atoms with van der Waals surface area (Å²) in [5.41, 5.74) is 21.6. The van der Waals surface area contributed by atoms with Crippen molar-refractivity contribution in [3.05, 3.63) is 142 Å². The molecule has 256 valence electrons. The van der Waals surface area contributed by atoms with E-state index in [1.165, 1.54) is 66.9 Å². The summed E-state index contributed by atoms with van der Waals surface area (Å²) in [5.74, 6) is 1.44. The van der Waals surface area contributed by atoms with Gasteiger partial charge >= 0.3 is 0 Å². The second-order valence-corrected chi connectivity index (χ2v) is 15.1. The van der Waals surface area contributed by atoms with Crippen molar-refractivity contribution in [2.45, 2.75) is 88.9 Å². The zero-order valence-electron chi connectivity index (χ0n) is 29.4. The Bertz CT molecular complexity index is 2350. The molecule has 3 N–H and O–H groups in total. The van der Waals surface area contributed by atoms with E-state index >= 15 is 0 Å². The number of nitrogens with zero attached hydrogens (tertiary/aromatic N) is 2. The van der Waals surface area contributed by atoms with Crippen LogP contribution in [-0.4, -0.2) is 27.4 Å². The number of fused-ring (bicyclic) bond motifs is 6. The fraction of sp³-hybridized carbons (Fsp3) is 0.304. The Balaban J connectivity index is 1.01. The van der Waals surface area contributed by atoms with Crippen LogP contribution in [0.25, 0.3) is 45.4 Å². The van der Waals surface area contributed by atoms with Crippen molar-refractivity contribution >= 4 is 45.4 Å². The minimum Gasteiger partial charge on any atom is -0.493 e. The molecule has 0 saturated carbocycles. The SMILES string of the molecule is CC1OC2=C(C=CCC2)C1NC(N)C1=CCCC(n2c3c(c4ccc(C5C=Cc6c(c7ccccc7n6C6=CCCC=C6)C5)cc42)C=CCC3)=C1. The highest BCUT2D eigenvalue weighted by molar-refractivity contribution is 5.96. The molecule has 0 radical (unpaired) electrons. The molecule has 5 aliphatic carbocycles. The highest BCUT2D eigenvalue weighted by Gasteiger charge is 2.35. The third kappa shape index (κ3) is 5.12. The number of aromatic nitrogens is 2. The lowest BCUT2D eigenvalue weighted by atomic mass is 9.86. The van der Waals surface area contributed by atoms with Crippen LogP contribution in [0, 0.1) is 0 Å². The molecule has 4 atom stereocenters. The van der Waals surface area contributed by atoms with Crippen LogP contribution in [0.15, 0.2) is 114 Å². The summed E-state index contributed by atoms with van der Waals surface area (Å²) in [6, 6.07) is 16.3. The van der Waals surface area contributed by atoms with E-state index in [-0.39, 0.29) is 18.3 Å². The fourth-order valence-corrected chi connectivity index (χ4v) is 9.51. The van der Waals surface area contributed by atoms with Crippen LogP contribution in [0.3, 0.4) is 0 Å². The molecule has 6 aliphatic rings. The molecule has 51 heavy (non-hydrogen) atoms. The predicted molar refractivity (Wildman–Crippen MR) is 212 cm³/mol. The number of hydrogen-bond donors (Lipinski definition) is 2. The number of hydrogen-bond acceptors (Lipinski definition) is 3. The molecular formula is C46H46N4O. The topological polar surface area (TPSA) is 57.1 Å². The summed E-state index contributed by atoms with van der Waals surface area (Å²) in [7, 11) is 0. The number of para-hydroxylation sites is 1. The van der Waals surface area contributed by atoms with Crippen molar-refractivity contribution in [1.29, 1.82) is 0 Å². The van der Waals surface area contributed by atoms with Crippen molar-refractivity contribution in [2.75, 3.05) is 0 Å². The average Bonchev–Trinajstić information content (AvgIpc) is 3.81. The van der Waals surface area contributed by atoms with Gasteiger partial charge in [-0.15, -0.1) is 0 Å². The van der Waals surface area contributed by atoms with Gasteiger partial charge in [-0.2, -0.15) is 0 Å². The van der Waals surface area contributed by atoms with Crippen molar-refractivity contribution in [2.24, 2.45) is 5.73 Å². The van der Waals surface area contributed by atoms with Crippen LogP contribution in [0.5, 0.6) is 0 Å². The van der Waals surface area contributed by atoms with Crippen molar-refractivity contribution in [3.63, 3.8) is 0 Å². The second kappa shape index (κ2) is 12.4. The molecule has 4 aromatic rings. The van der Waals surface area contributed by atoms with E-state index in [0.717, 1.165) is 69.1 Å². The van der Waals surface area contributed by atoms with Gasteiger partial charge in [0.1, 0.15) is 11.9 Å². The molecule has 0 amide bonds. The lowest BCUT2D eigenvalue weighted by molar-refractivity contribution is 0.131. The minimum atomic E-state index is -0.268. The van der Waals surface area contributed by atoms with E-state index in [2.05, 4.69) is 131 Å². The number of ether oxygens (including phenoxy) is 1. The van der Waals surface area contributed by atoms with Crippen LogP contribution >= 0.6 is 0 Å². The quantitative estimate of drug-likeness (QED) is 0.201. The average molecular weight is 671 g/mol. The summed E-state index contributed by atoms with van der Waals surface area (Å²) in [4.78, 5) is 0. The maximum absolute atomic E-state index is 6.96. The molecule has 10 rings (SSSR count). The van der Waals surface area contributed by atoms with E-state index in [9.17, 15) is 0 Å². The van der Waals surface area contributed by atoms with Crippen LogP contribution in [0.4, 0.5) is 0 Å². The normalized spacial score (nSPS) is 24.3. The highest BCUT2D eigenvalue weighted by Crippen LogP contribution is 2.42. The molecule has 5 nitrogen and oxygen atoms in total. The van der Waals surface area contributed by atoms with Crippen LogP contribution < -0.4 is 11.1 Å². The Morgan fingerprint density at radius 2 is 1.71 bits per heavy atom. The lowest BCUT2D eigenvalue weighted by Gasteiger charge is -2.27. The smallest absolute Gasteiger partial charge is 0.115 e. The molecular weight excluding hydrogens is 625 g/mol. The van der Waals surface area contributed by atoms with Crippen LogP contribution in [0.1, 0.15) is 85.9 Å². The van der Waals surface area contributed by atoms with Gasteiger partial charge in [0.15, 0.2) is 0 Å². The van der Waals surface area contributed by atoms with Crippen molar-refractivity contribution < 1.29 is 4.74 Å². The summed E-state index contributed by atoms with van der Waals surface area (Å²) in [5, 5.41) is 6.47. The van der Waals surface area contributed by atoms with Gasteiger partial charge < -0.3 is 19.6 Å². The second-order valence-electron chi connectivity index (χ2n) is 15.1. The monoisotopic (exact) mass is 670 g/mol. The summed E-state index contributed by atoms with van der Waals surface area (Å²) < 4.78 is 11.3. The molecule has 3 heterocycles. The third-order valence-corrected chi connectivity index (χ3v) is 12.0. The van der Waals surface area contributed by atoms with Crippen LogP contribution in [0.2, 0.25) is 0 Å². The molecule has 0 saturated heterocycles. The fourth-order valence-electron chi connectivity index (χ4n) is 9.51. The summed E-state index contributed by atoms with van der Waals surface area (Å²) in [6.45, 7) is 2.16. The van der Waals surface area contributed by atoms with Crippen molar-refractivity contribution in [1.82, 2.24) is 14.5 Å². The third-order valence-electron chi connectivity index (χ3n) is 12.0. The number of nitrogens with one attached hydrogen (secondary N) is 1. The Kier molecular flexibility index (Phi) is 7.54. The summed E-state index contributed by atoms with van der Waals surface area (Å²) in [6.07, 6.45) is 34.9. The van der Waals surface area contributed by atoms with Crippen LogP contribution in [-0.2, 0) is 17.6 Å². The minimum absolute atomic E-state index is 0.0738. The first kappa shape index (κ1) is 30.9. The Labute approximate surface area is 300 Å². The molecule has 5 heteroatoms. The number of allylic oxidation sites excluding steroid dienone is 10. The zero-order chi connectivity index (χ0) is 34.1. The molecule has 0 bridgehead atoms. The van der Waals surface area contributed by atoms with Gasteiger partial charge in [0, 0.05) is 57.0 Å². The van der Waals surface area contributed by atoms with E-state index in [1.807, 2.05) is 0 Å². The highest BCUT2D eigenvalue weighted by atomic mass is 16.5. The van der Waals surface area contributed by atoms with Gasteiger partial charge in [-0.1, -0.05) is 78.9 Å². The van der Waals surface area contributed by atoms with Gasteiger partial charge in [-0.25, -0.2) is 0 Å². The lowest BCUT2D eigenvalue weighted by Crippen LogP contribution is -2.49. The van der Waals surface area contributed by atoms with Gasteiger partial charge in [-0.3, -0.25) is 5.32 Å². The predicted octanol–water partition coefficient (Wildman–Crippen LogP) is 9.93. The maximum Gasteiger partial charge on any atom is 0.115 e. The number of benzene rings is 2. The molecule has 4 unspecified atom stereocenters. The van der Waals surface area contributed by atoms with E-state index in [0.29, 0.717) is 5.92 Å². The van der Waals surface area contributed by atoms with Gasteiger partial charge in [0.2, 0.25) is 0 Å². The van der Waals surface area contributed by atoms with E-state index in [4.69, 9.17) is 10.5 Å². The van der Waals surface area contributed by atoms with E-state index < -0.39 is 0 Å². The largest absolute Gasteiger partial charge is 0.493 e. The van der Waals surface area contributed by atoms with Gasteiger partial charge in [-0.05, 0) is 105 Å². The number of nitrogens with two attached hydrogens (primary N) is 1. The summed E-state index contributed by atoms with van der Waals surface area (Å²) >= 11 is 0. The maximum atomic E-state index is 6.96.